The monoisotopic (exact) mass is 478 g/mol. The first kappa shape index (κ1) is 23.4. The molecule has 0 spiro atoms. The molecule has 2 atom stereocenters. The molecule has 4 rings (SSSR count). The normalized spacial score (nSPS) is 25.5. The SMILES string of the molecule is CC1(C)OCC(=S)N[C@](C)(c2cc(N[C@@H]3CCc4cc(C#N)cnc43)c(F)cc2F)C1(F)F. The topological polar surface area (TPSA) is 70.0 Å². The number of nitrogens with one attached hydrogen (secondary N) is 2. The lowest BCUT2D eigenvalue weighted by molar-refractivity contribution is -0.216. The van der Waals surface area contributed by atoms with Crippen LogP contribution in [0.5, 0.6) is 0 Å². The van der Waals surface area contributed by atoms with E-state index in [-0.39, 0.29) is 17.3 Å². The van der Waals surface area contributed by atoms with Crippen molar-refractivity contribution in [2.24, 2.45) is 0 Å². The van der Waals surface area contributed by atoms with Crippen molar-refractivity contribution in [2.75, 3.05) is 11.9 Å². The summed E-state index contributed by atoms with van der Waals surface area (Å²) in [4.78, 5) is 4.29. The van der Waals surface area contributed by atoms with Crippen molar-refractivity contribution in [3.8, 4) is 6.07 Å². The molecule has 1 fully saturated rings. The number of nitriles is 1. The zero-order chi connectivity index (χ0) is 24.2. The molecule has 0 radical (unpaired) electrons. The summed E-state index contributed by atoms with van der Waals surface area (Å²) >= 11 is 5.12. The number of fused-ring (bicyclic) bond motifs is 1. The van der Waals surface area contributed by atoms with Crippen LogP contribution in [0.15, 0.2) is 24.4 Å². The molecule has 0 unspecified atom stereocenters. The van der Waals surface area contributed by atoms with Crippen molar-refractivity contribution in [3.05, 3.63) is 58.4 Å². The predicted molar refractivity (Wildman–Crippen MR) is 118 cm³/mol. The zero-order valence-corrected chi connectivity index (χ0v) is 19.0. The van der Waals surface area contributed by atoms with E-state index in [9.17, 15) is 8.78 Å². The van der Waals surface area contributed by atoms with Crippen LogP contribution in [0.25, 0.3) is 0 Å². The molecule has 2 N–H and O–H groups in total. The molecule has 1 aliphatic carbocycles. The minimum Gasteiger partial charge on any atom is -0.374 e. The molecule has 5 nitrogen and oxygen atoms in total. The lowest BCUT2D eigenvalue weighted by Gasteiger charge is -2.44. The van der Waals surface area contributed by atoms with Crippen molar-refractivity contribution in [1.29, 1.82) is 5.26 Å². The van der Waals surface area contributed by atoms with Crippen LogP contribution >= 0.6 is 12.2 Å². The van der Waals surface area contributed by atoms with Gasteiger partial charge in [-0.3, -0.25) is 4.98 Å². The minimum absolute atomic E-state index is 0.0109. The maximum Gasteiger partial charge on any atom is 0.302 e. The number of nitrogens with zero attached hydrogens (tertiary/aromatic N) is 2. The van der Waals surface area contributed by atoms with Crippen LogP contribution in [0, 0.1) is 23.0 Å². The van der Waals surface area contributed by atoms with Gasteiger partial charge in [-0.1, -0.05) is 12.2 Å². The Morgan fingerprint density at radius 1 is 1.21 bits per heavy atom. The molecule has 1 aromatic carbocycles. The number of aromatic nitrogens is 1. The Labute approximate surface area is 194 Å². The number of halogens is 4. The van der Waals surface area contributed by atoms with E-state index in [4.69, 9.17) is 22.2 Å². The van der Waals surface area contributed by atoms with Crippen LogP contribution in [0.4, 0.5) is 23.2 Å². The number of aryl methyl sites for hydroxylation is 1. The van der Waals surface area contributed by atoms with Crippen molar-refractivity contribution in [2.45, 2.75) is 56.7 Å². The first-order valence-electron chi connectivity index (χ1n) is 10.4. The number of alkyl halides is 2. The Morgan fingerprint density at radius 2 is 1.94 bits per heavy atom. The summed E-state index contributed by atoms with van der Waals surface area (Å²) in [6.07, 6.45) is 2.59. The van der Waals surface area contributed by atoms with E-state index in [1.165, 1.54) is 20.0 Å². The fraction of sp³-hybridized carbons (Fsp3) is 0.435. The van der Waals surface area contributed by atoms with E-state index in [0.717, 1.165) is 18.6 Å². The summed E-state index contributed by atoms with van der Waals surface area (Å²) in [6.45, 7) is 3.29. The van der Waals surface area contributed by atoms with Crippen LogP contribution in [-0.4, -0.2) is 28.1 Å². The fourth-order valence-corrected chi connectivity index (χ4v) is 4.74. The number of benzene rings is 1. The van der Waals surface area contributed by atoms with Gasteiger partial charge in [-0.15, -0.1) is 0 Å². The van der Waals surface area contributed by atoms with Crippen molar-refractivity contribution >= 4 is 22.9 Å². The molecular formula is C23H22F4N4OS. The van der Waals surface area contributed by atoms with Gasteiger partial charge in [0.25, 0.3) is 0 Å². The molecule has 1 aliphatic heterocycles. The Bertz CT molecular complexity index is 1180. The van der Waals surface area contributed by atoms with Gasteiger partial charge in [-0.2, -0.15) is 5.26 Å². The fourth-order valence-electron chi connectivity index (χ4n) is 4.47. The van der Waals surface area contributed by atoms with Gasteiger partial charge in [-0.05, 0) is 51.3 Å². The third kappa shape index (κ3) is 3.73. The van der Waals surface area contributed by atoms with Gasteiger partial charge in [0.2, 0.25) is 0 Å². The van der Waals surface area contributed by atoms with E-state index >= 15 is 8.78 Å². The molecule has 33 heavy (non-hydrogen) atoms. The smallest absolute Gasteiger partial charge is 0.302 e. The van der Waals surface area contributed by atoms with E-state index in [0.29, 0.717) is 30.2 Å². The van der Waals surface area contributed by atoms with Crippen molar-refractivity contribution < 1.29 is 22.3 Å². The third-order valence-electron chi connectivity index (χ3n) is 6.43. The second-order valence-electron chi connectivity index (χ2n) is 8.97. The lowest BCUT2D eigenvalue weighted by atomic mass is 9.77. The average Bonchev–Trinajstić information content (AvgIpc) is 3.13. The van der Waals surface area contributed by atoms with Gasteiger partial charge in [-0.25, -0.2) is 17.6 Å². The molecule has 0 bridgehead atoms. The van der Waals surface area contributed by atoms with Crippen LogP contribution in [-0.2, 0) is 16.7 Å². The summed E-state index contributed by atoms with van der Waals surface area (Å²) in [5, 5.41) is 14.6. The summed E-state index contributed by atoms with van der Waals surface area (Å²) in [5.41, 5.74) is -2.95. The predicted octanol–water partition coefficient (Wildman–Crippen LogP) is 4.91. The number of rotatable bonds is 3. The highest BCUT2D eigenvalue weighted by molar-refractivity contribution is 7.80. The number of anilines is 1. The lowest BCUT2D eigenvalue weighted by Crippen LogP contribution is -2.62. The summed E-state index contributed by atoms with van der Waals surface area (Å²) in [7, 11) is 0. The van der Waals surface area contributed by atoms with Gasteiger partial charge in [0.1, 0.15) is 33.8 Å². The first-order chi connectivity index (χ1) is 15.4. The number of hydrogen-bond acceptors (Lipinski definition) is 5. The zero-order valence-electron chi connectivity index (χ0n) is 18.2. The summed E-state index contributed by atoms with van der Waals surface area (Å²) in [5.74, 6) is -5.67. The second kappa shape index (κ2) is 7.92. The van der Waals surface area contributed by atoms with Gasteiger partial charge in [0, 0.05) is 17.8 Å². The van der Waals surface area contributed by atoms with E-state index < -0.39 is 40.3 Å². The summed E-state index contributed by atoms with van der Waals surface area (Å²) in [6, 6.07) is 4.96. The number of hydrogen-bond donors (Lipinski definition) is 2. The van der Waals surface area contributed by atoms with Gasteiger partial charge >= 0.3 is 5.92 Å². The van der Waals surface area contributed by atoms with Crippen LogP contribution in [0.2, 0.25) is 0 Å². The van der Waals surface area contributed by atoms with Crippen LogP contribution < -0.4 is 10.6 Å². The van der Waals surface area contributed by atoms with Gasteiger partial charge in [0.15, 0.2) is 0 Å². The molecule has 174 valence electrons. The molecule has 10 heteroatoms. The number of ether oxygens (including phenoxy) is 1. The number of thiocarbonyl (C=S) groups is 1. The third-order valence-corrected chi connectivity index (χ3v) is 6.65. The standard InChI is InChI=1S/C23H22F4N4OS/c1-21(2)23(26,27)22(3,31-19(33)11-32-21)14-7-18(16(25)8-15(14)24)30-17-5-4-13-6-12(9-28)10-29-20(13)17/h6-8,10,17,30H,4-5,11H2,1-3H3,(H,31,33)/t17-,22-/m1/s1. The molecule has 2 aliphatic rings. The van der Waals surface area contributed by atoms with Gasteiger partial charge < -0.3 is 15.4 Å². The Balaban J connectivity index is 1.76. The molecule has 2 aromatic rings. The Kier molecular flexibility index (Phi) is 5.61. The molecule has 0 saturated carbocycles. The second-order valence-corrected chi connectivity index (χ2v) is 9.47. The highest BCUT2D eigenvalue weighted by atomic mass is 32.1. The summed E-state index contributed by atoms with van der Waals surface area (Å²) < 4.78 is 66.4. The van der Waals surface area contributed by atoms with Gasteiger partial charge in [0.05, 0.1) is 29.6 Å². The van der Waals surface area contributed by atoms with Crippen molar-refractivity contribution in [1.82, 2.24) is 10.3 Å². The van der Waals surface area contributed by atoms with Crippen LogP contribution in [0.3, 0.4) is 0 Å². The maximum atomic E-state index is 15.7. The van der Waals surface area contributed by atoms with E-state index in [1.807, 2.05) is 6.07 Å². The van der Waals surface area contributed by atoms with Crippen LogP contribution in [0.1, 0.15) is 55.6 Å². The quantitative estimate of drug-likeness (QED) is 0.483. The largest absolute Gasteiger partial charge is 0.374 e. The van der Waals surface area contributed by atoms with E-state index in [1.54, 1.807) is 6.07 Å². The molecular weight excluding hydrogens is 456 g/mol. The highest BCUT2D eigenvalue weighted by Crippen LogP contribution is 2.49. The molecule has 1 aromatic heterocycles. The highest BCUT2D eigenvalue weighted by Gasteiger charge is 2.64. The number of pyridine rings is 1. The molecule has 0 amide bonds. The molecule has 2 heterocycles. The average molecular weight is 479 g/mol. The first-order valence-corrected chi connectivity index (χ1v) is 10.8. The molecule has 1 saturated heterocycles. The van der Waals surface area contributed by atoms with E-state index in [2.05, 4.69) is 15.6 Å². The Hall–Kier alpha value is -2.77. The minimum atomic E-state index is -3.62. The maximum absolute atomic E-state index is 15.7. The van der Waals surface area contributed by atoms with Crippen molar-refractivity contribution in [3.63, 3.8) is 0 Å². The Morgan fingerprint density at radius 3 is 2.64 bits per heavy atom.